The Balaban J connectivity index is 1.84. The van der Waals surface area contributed by atoms with Crippen LogP contribution in [0.2, 0.25) is 0 Å². The fourth-order valence-corrected chi connectivity index (χ4v) is 3.33. The summed E-state index contributed by atoms with van der Waals surface area (Å²) in [6.45, 7) is 1.73. The maximum absolute atomic E-state index is 12.5. The molecule has 1 N–H and O–H groups in total. The van der Waals surface area contributed by atoms with Gasteiger partial charge in [-0.2, -0.15) is 8.42 Å². The van der Waals surface area contributed by atoms with E-state index in [-0.39, 0.29) is 5.03 Å². The molecule has 0 aliphatic heterocycles. The number of nitrogens with zero attached hydrogens (tertiary/aromatic N) is 2. The molecular weight excluding hydrogens is 338 g/mol. The fraction of sp³-hybridized carbons (Fsp3) is 0.111. The number of anilines is 1. The van der Waals surface area contributed by atoms with Gasteiger partial charge >= 0.3 is 0 Å². The van der Waals surface area contributed by atoms with E-state index in [9.17, 15) is 8.42 Å². The molecule has 1 aromatic carbocycles. The average molecular weight is 355 g/mol. The standard InChI is InChI=1S/C18H17N3O3S/c1-13-17(4-3-11-19-13)21-25(22,23)18-10-7-15(12-20-18)14-5-8-16(24-2)9-6-14/h3-12,21H,1-2H3. The summed E-state index contributed by atoms with van der Waals surface area (Å²) in [4.78, 5) is 8.16. The van der Waals surface area contributed by atoms with Crippen LogP contribution in [0.15, 0.2) is 66.0 Å². The van der Waals surface area contributed by atoms with Gasteiger partial charge in [0.05, 0.1) is 18.5 Å². The zero-order valence-corrected chi connectivity index (χ0v) is 14.6. The number of aryl methyl sites for hydroxylation is 1. The second kappa shape index (κ2) is 6.90. The Labute approximate surface area is 146 Å². The van der Waals surface area contributed by atoms with Crippen LogP contribution in [0.3, 0.4) is 0 Å². The Kier molecular flexibility index (Phi) is 4.67. The summed E-state index contributed by atoms with van der Waals surface area (Å²) < 4.78 is 32.6. The molecule has 0 atom stereocenters. The minimum absolute atomic E-state index is 0.0481. The van der Waals surface area contributed by atoms with Crippen LogP contribution in [-0.2, 0) is 10.0 Å². The van der Waals surface area contributed by atoms with Crippen molar-refractivity contribution in [2.24, 2.45) is 0 Å². The second-order valence-corrected chi connectivity index (χ2v) is 6.98. The van der Waals surface area contributed by atoms with Gasteiger partial charge in [-0.15, -0.1) is 0 Å². The molecule has 0 amide bonds. The molecule has 0 saturated heterocycles. The van der Waals surface area contributed by atoms with Gasteiger partial charge in [0.15, 0.2) is 5.03 Å². The number of ether oxygens (including phenoxy) is 1. The molecule has 0 fully saturated rings. The van der Waals surface area contributed by atoms with E-state index in [0.29, 0.717) is 11.4 Å². The highest BCUT2D eigenvalue weighted by Crippen LogP contribution is 2.23. The third-order valence-corrected chi connectivity index (χ3v) is 4.97. The third-order valence-electron chi connectivity index (χ3n) is 3.69. The molecule has 0 spiro atoms. The van der Waals surface area contributed by atoms with Gasteiger partial charge in [-0.1, -0.05) is 12.1 Å². The van der Waals surface area contributed by atoms with Gasteiger partial charge in [0.25, 0.3) is 10.0 Å². The highest BCUT2D eigenvalue weighted by Gasteiger charge is 2.17. The number of pyridine rings is 2. The molecule has 25 heavy (non-hydrogen) atoms. The molecule has 2 heterocycles. The molecule has 6 nitrogen and oxygen atoms in total. The minimum Gasteiger partial charge on any atom is -0.497 e. The van der Waals surface area contributed by atoms with Crippen LogP contribution in [-0.4, -0.2) is 25.5 Å². The molecule has 0 bridgehead atoms. The lowest BCUT2D eigenvalue weighted by Crippen LogP contribution is -2.15. The summed E-state index contributed by atoms with van der Waals surface area (Å²) in [7, 11) is -2.16. The van der Waals surface area contributed by atoms with E-state index in [0.717, 1.165) is 16.9 Å². The molecule has 128 valence electrons. The summed E-state index contributed by atoms with van der Waals surface area (Å²) in [5.74, 6) is 0.756. The number of sulfonamides is 1. The van der Waals surface area contributed by atoms with E-state index in [1.54, 1.807) is 38.4 Å². The highest BCUT2D eigenvalue weighted by atomic mass is 32.2. The van der Waals surface area contributed by atoms with Gasteiger partial charge in [0.1, 0.15) is 5.75 Å². The molecule has 0 aliphatic carbocycles. The van der Waals surface area contributed by atoms with Crippen molar-refractivity contribution >= 4 is 15.7 Å². The molecule has 7 heteroatoms. The molecule has 3 rings (SSSR count). The summed E-state index contributed by atoms with van der Waals surface area (Å²) in [5.41, 5.74) is 2.77. The predicted molar refractivity (Wildman–Crippen MR) is 96.0 cm³/mol. The van der Waals surface area contributed by atoms with Crippen molar-refractivity contribution < 1.29 is 13.2 Å². The first kappa shape index (κ1) is 16.9. The van der Waals surface area contributed by atoms with E-state index < -0.39 is 10.0 Å². The van der Waals surface area contributed by atoms with Gasteiger partial charge < -0.3 is 4.74 Å². The first-order chi connectivity index (χ1) is 12.0. The molecule has 0 unspecified atom stereocenters. The Bertz CT molecular complexity index is 969. The van der Waals surface area contributed by atoms with Crippen LogP contribution < -0.4 is 9.46 Å². The molecule has 0 aliphatic rings. The lowest BCUT2D eigenvalue weighted by atomic mass is 10.1. The molecule has 3 aromatic rings. The van der Waals surface area contributed by atoms with E-state index in [1.165, 1.54) is 12.3 Å². The molecular formula is C18H17N3O3S. The lowest BCUT2D eigenvalue weighted by molar-refractivity contribution is 0.415. The Morgan fingerprint density at radius 1 is 0.960 bits per heavy atom. The molecule has 2 aromatic heterocycles. The lowest BCUT2D eigenvalue weighted by Gasteiger charge is -2.10. The van der Waals surface area contributed by atoms with Crippen LogP contribution in [0.5, 0.6) is 5.75 Å². The normalized spacial score (nSPS) is 11.1. The van der Waals surface area contributed by atoms with Crippen molar-refractivity contribution in [3.63, 3.8) is 0 Å². The van der Waals surface area contributed by atoms with E-state index in [4.69, 9.17) is 4.74 Å². The summed E-state index contributed by atoms with van der Waals surface area (Å²) in [6.07, 6.45) is 3.14. The number of hydrogen-bond acceptors (Lipinski definition) is 5. The zero-order valence-electron chi connectivity index (χ0n) is 13.8. The Morgan fingerprint density at radius 2 is 1.68 bits per heavy atom. The Hall–Kier alpha value is -2.93. The van der Waals surface area contributed by atoms with Crippen molar-refractivity contribution in [3.05, 3.63) is 66.6 Å². The summed E-state index contributed by atoms with van der Waals surface area (Å²) >= 11 is 0. The topological polar surface area (TPSA) is 81.2 Å². The first-order valence-corrected chi connectivity index (χ1v) is 9.03. The number of benzene rings is 1. The number of nitrogens with one attached hydrogen (secondary N) is 1. The van der Waals surface area contributed by atoms with E-state index >= 15 is 0 Å². The molecule has 0 saturated carbocycles. The van der Waals surface area contributed by atoms with Crippen molar-refractivity contribution in [1.29, 1.82) is 0 Å². The van der Waals surface area contributed by atoms with Gasteiger partial charge in [-0.3, -0.25) is 9.71 Å². The largest absolute Gasteiger partial charge is 0.497 e. The van der Waals surface area contributed by atoms with Crippen LogP contribution >= 0.6 is 0 Å². The maximum Gasteiger partial charge on any atom is 0.279 e. The predicted octanol–water partition coefficient (Wildman–Crippen LogP) is 3.26. The SMILES string of the molecule is COc1ccc(-c2ccc(S(=O)(=O)Nc3cccnc3C)nc2)cc1. The number of aromatic nitrogens is 2. The smallest absolute Gasteiger partial charge is 0.279 e. The van der Waals surface area contributed by atoms with Gasteiger partial charge in [0.2, 0.25) is 0 Å². The highest BCUT2D eigenvalue weighted by molar-refractivity contribution is 7.92. The van der Waals surface area contributed by atoms with Gasteiger partial charge in [0, 0.05) is 18.0 Å². The van der Waals surface area contributed by atoms with Crippen molar-refractivity contribution in [2.45, 2.75) is 11.9 Å². The van der Waals surface area contributed by atoms with Gasteiger partial charge in [-0.25, -0.2) is 4.98 Å². The number of methoxy groups -OCH3 is 1. The van der Waals surface area contributed by atoms with Crippen LogP contribution in [0, 0.1) is 6.92 Å². The van der Waals surface area contributed by atoms with Crippen LogP contribution in [0.1, 0.15) is 5.69 Å². The number of hydrogen-bond donors (Lipinski definition) is 1. The fourth-order valence-electron chi connectivity index (χ4n) is 2.28. The second-order valence-electron chi connectivity index (χ2n) is 5.36. The monoisotopic (exact) mass is 355 g/mol. The zero-order chi connectivity index (χ0) is 17.9. The van der Waals surface area contributed by atoms with Gasteiger partial charge in [-0.05, 0) is 48.9 Å². The van der Waals surface area contributed by atoms with Crippen molar-refractivity contribution in [3.8, 4) is 16.9 Å². The van der Waals surface area contributed by atoms with Crippen molar-refractivity contribution in [2.75, 3.05) is 11.8 Å². The Morgan fingerprint density at radius 3 is 2.28 bits per heavy atom. The third kappa shape index (κ3) is 3.77. The van der Waals surface area contributed by atoms with Crippen LogP contribution in [0.4, 0.5) is 5.69 Å². The quantitative estimate of drug-likeness (QED) is 0.760. The average Bonchev–Trinajstić information content (AvgIpc) is 2.64. The van der Waals surface area contributed by atoms with E-state index in [2.05, 4.69) is 14.7 Å². The minimum atomic E-state index is -3.77. The van der Waals surface area contributed by atoms with Crippen molar-refractivity contribution in [1.82, 2.24) is 9.97 Å². The number of rotatable bonds is 5. The molecule has 0 radical (unpaired) electrons. The first-order valence-electron chi connectivity index (χ1n) is 7.54. The van der Waals surface area contributed by atoms with Crippen LogP contribution in [0.25, 0.3) is 11.1 Å². The summed E-state index contributed by atoms with van der Waals surface area (Å²) in [6, 6.07) is 14.0. The van der Waals surface area contributed by atoms with E-state index in [1.807, 2.05) is 24.3 Å². The summed E-state index contributed by atoms with van der Waals surface area (Å²) in [5, 5.41) is -0.0481. The maximum atomic E-state index is 12.5.